The Kier molecular flexibility index (Phi) is 7.19. The van der Waals surface area contributed by atoms with E-state index in [1.807, 2.05) is 19.1 Å². The number of carbonyl (C=O) groups is 1. The first-order valence-corrected chi connectivity index (χ1v) is 15.8. The molecule has 0 unspecified atom stereocenters. The molecule has 1 aromatic carbocycles. The summed E-state index contributed by atoms with van der Waals surface area (Å²) in [5, 5.41) is 20.3. The van der Waals surface area contributed by atoms with Crippen molar-refractivity contribution in [3.63, 3.8) is 0 Å². The predicted molar refractivity (Wildman–Crippen MR) is 153 cm³/mol. The topological polar surface area (TPSA) is 77.2 Å². The lowest BCUT2D eigenvalue weighted by atomic mass is 9.44. The van der Waals surface area contributed by atoms with Gasteiger partial charge in [0.2, 0.25) is 0 Å². The highest BCUT2D eigenvalue weighted by atomic mass is 16.5. The van der Waals surface area contributed by atoms with Crippen LogP contribution in [0, 0.1) is 40.4 Å². The summed E-state index contributed by atoms with van der Waals surface area (Å²) < 4.78 is 5.85. The number of fused-ring (bicyclic) bond motifs is 6. The number of ether oxygens (including phenoxy) is 1. The van der Waals surface area contributed by atoms with Crippen molar-refractivity contribution in [2.24, 2.45) is 40.4 Å². The molecule has 8 atom stereocenters. The molecular formula is C33H49N3O3. The molecular weight excluding hydrogens is 486 g/mol. The molecule has 4 aliphatic carbocycles. The fourth-order valence-electron chi connectivity index (χ4n) is 9.86. The molecule has 39 heavy (non-hydrogen) atoms. The zero-order chi connectivity index (χ0) is 27.4. The number of rotatable bonds is 8. The van der Waals surface area contributed by atoms with Gasteiger partial charge in [-0.1, -0.05) is 39.3 Å². The van der Waals surface area contributed by atoms with Crippen molar-refractivity contribution in [2.75, 3.05) is 6.61 Å². The zero-order valence-electron chi connectivity index (χ0n) is 24.6. The van der Waals surface area contributed by atoms with E-state index in [1.165, 1.54) is 25.7 Å². The van der Waals surface area contributed by atoms with E-state index in [1.54, 1.807) is 4.80 Å². The Morgan fingerprint density at radius 3 is 2.67 bits per heavy atom. The van der Waals surface area contributed by atoms with Gasteiger partial charge in [0.15, 0.2) is 5.78 Å². The van der Waals surface area contributed by atoms with Crippen molar-refractivity contribution >= 4 is 16.8 Å². The summed E-state index contributed by atoms with van der Waals surface area (Å²) in [6, 6.07) is 6.04. The molecule has 4 saturated carbocycles. The minimum absolute atomic E-state index is 0.0897. The van der Waals surface area contributed by atoms with Gasteiger partial charge in [0.25, 0.3) is 0 Å². The van der Waals surface area contributed by atoms with Crippen molar-refractivity contribution < 1.29 is 14.6 Å². The van der Waals surface area contributed by atoms with Crippen LogP contribution in [0.25, 0.3) is 11.0 Å². The van der Waals surface area contributed by atoms with Crippen LogP contribution >= 0.6 is 0 Å². The summed E-state index contributed by atoms with van der Waals surface area (Å²) >= 11 is 0. The zero-order valence-corrected chi connectivity index (χ0v) is 24.6. The largest absolute Gasteiger partial charge is 0.390 e. The fraction of sp³-hybridized carbons (Fsp3) is 0.788. The van der Waals surface area contributed by atoms with Crippen LogP contribution in [0.1, 0.15) is 104 Å². The smallest absolute Gasteiger partial charge is 0.159 e. The van der Waals surface area contributed by atoms with Crippen LogP contribution in [0.2, 0.25) is 0 Å². The van der Waals surface area contributed by atoms with Crippen LogP contribution < -0.4 is 0 Å². The van der Waals surface area contributed by atoms with Gasteiger partial charge >= 0.3 is 0 Å². The summed E-state index contributed by atoms with van der Waals surface area (Å²) in [7, 11) is 0. The molecule has 1 aromatic heterocycles. The summed E-state index contributed by atoms with van der Waals surface area (Å²) in [4.78, 5) is 15.5. The van der Waals surface area contributed by atoms with Gasteiger partial charge in [-0.25, -0.2) is 0 Å². The fourth-order valence-corrected chi connectivity index (χ4v) is 9.86. The van der Waals surface area contributed by atoms with Crippen LogP contribution in [0.3, 0.4) is 0 Å². The summed E-state index contributed by atoms with van der Waals surface area (Å²) in [5.74, 6) is 3.18. The average Bonchev–Trinajstić information content (AvgIpc) is 3.47. The summed E-state index contributed by atoms with van der Waals surface area (Å²) in [6.07, 6.45) is 12.3. The number of hydrogen-bond donors (Lipinski definition) is 1. The molecule has 214 valence electrons. The number of ketones is 1. The number of aromatic nitrogens is 3. The standard InChI is InChI=1S/C33H49N3O3/c1-5-6-18-39-21-22-8-7-9-28-30(22)35-36(34-28)20-29(37)27-13-12-25-24-11-10-23-19-31(2,38)16-17-32(23,3)26(24)14-15-33(25,27)4/h7-9,23-27,38H,5-6,10-21H2,1-4H3/t23-,24+,25+,26+,27-,31-,32+,33+/m1/s1. The lowest BCUT2D eigenvalue weighted by molar-refractivity contribution is -0.151. The van der Waals surface area contributed by atoms with E-state index in [0.717, 1.165) is 80.0 Å². The first-order valence-electron chi connectivity index (χ1n) is 15.8. The summed E-state index contributed by atoms with van der Waals surface area (Å²) in [5.41, 5.74) is 2.69. The molecule has 4 fully saturated rings. The molecule has 1 heterocycles. The highest BCUT2D eigenvalue weighted by Gasteiger charge is 2.61. The van der Waals surface area contributed by atoms with Crippen LogP contribution in [0.15, 0.2) is 18.2 Å². The highest BCUT2D eigenvalue weighted by Crippen LogP contribution is 2.68. The lowest BCUT2D eigenvalue weighted by Gasteiger charge is -2.61. The number of hydrogen-bond acceptors (Lipinski definition) is 5. The first kappa shape index (κ1) is 27.4. The lowest BCUT2D eigenvalue weighted by Crippen LogP contribution is -2.55. The van der Waals surface area contributed by atoms with Crippen molar-refractivity contribution in [1.29, 1.82) is 0 Å². The second-order valence-corrected chi connectivity index (χ2v) is 14.4. The second kappa shape index (κ2) is 10.2. The van der Waals surface area contributed by atoms with E-state index in [4.69, 9.17) is 14.9 Å². The Hall–Kier alpha value is -1.79. The molecule has 1 N–H and O–H groups in total. The van der Waals surface area contributed by atoms with Crippen LogP contribution in [-0.2, 0) is 22.7 Å². The van der Waals surface area contributed by atoms with Gasteiger partial charge in [-0.15, -0.1) is 0 Å². The van der Waals surface area contributed by atoms with Gasteiger partial charge < -0.3 is 9.84 Å². The Balaban J connectivity index is 1.15. The van der Waals surface area contributed by atoms with E-state index >= 15 is 0 Å². The number of carbonyl (C=O) groups excluding carboxylic acids is 1. The van der Waals surface area contributed by atoms with E-state index in [9.17, 15) is 9.90 Å². The van der Waals surface area contributed by atoms with E-state index in [2.05, 4.69) is 26.8 Å². The third kappa shape index (κ3) is 4.77. The minimum atomic E-state index is -0.487. The van der Waals surface area contributed by atoms with Gasteiger partial charge in [-0.3, -0.25) is 4.79 Å². The SMILES string of the molecule is CCCCOCc1cccc2nn(CC(=O)[C@H]3CC[C@H]4[C@@H]5CC[C@@H]6C[C@](C)(O)CC[C@]6(C)[C@H]5CC[C@]34C)nc12. The van der Waals surface area contributed by atoms with E-state index in [0.29, 0.717) is 29.6 Å². The Morgan fingerprint density at radius 2 is 1.85 bits per heavy atom. The monoisotopic (exact) mass is 535 g/mol. The van der Waals surface area contributed by atoms with E-state index in [-0.39, 0.29) is 17.9 Å². The quantitative estimate of drug-likeness (QED) is 0.379. The Labute approximate surface area is 234 Å². The predicted octanol–water partition coefficient (Wildman–Crippen LogP) is 6.73. The normalized spacial score (nSPS) is 39.8. The van der Waals surface area contributed by atoms with Crippen molar-refractivity contribution in [3.05, 3.63) is 23.8 Å². The second-order valence-electron chi connectivity index (χ2n) is 14.4. The van der Waals surface area contributed by atoms with Crippen LogP contribution in [-0.4, -0.2) is 38.1 Å². The molecule has 4 aliphatic rings. The third-order valence-electron chi connectivity index (χ3n) is 12.1. The van der Waals surface area contributed by atoms with Crippen molar-refractivity contribution in [2.45, 2.75) is 117 Å². The molecule has 0 bridgehead atoms. The van der Waals surface area contributed by atoms with Gasteiger partial charge in [-0.2, -0.15) is 15.0 Å². The number of unbranched alkanes of at least 4 members (excludes halogenated alkanes) is 1. The number of benzene rings is 1. The maximum Gasteiger partial charge on any atom is 0.159 e. The molecule has 6 heteroatoms. The molecule has 0 radical (unpaired) electrons. The van der Waals surface area contributed by atoms with Gasteiger partial charge in [0.1, 0.15) is 17.6 Å². The molecule has 0 aliphatic heterocycles. The molecule has 6 rings (SSSR count). The number of Topliss-reactive ketones (excluding diaryl/α,β-unsaturated/α-hetero) is 1. The van der Waals surface area contributed by atoms with Gasteiger partial charge in [-0.05, 0) is 112 Å². The number of aliphatic hydroxyl groups is 1. The first-order chi connectivity index (χ1) is 18.6. The Morgan fingerprint density at radius 1 is 1.03 bits per heavy atom. The average molecular weight is 536 g/mol. The van der Waals surface area contributed by atoms with E-state index < -0.39 is 5.60 Å². The molecule has 2 aromatic rings. The maximum atomic E-state index is 13.8. The molecule has 0 saturated heterocycles. The molecule has 6 nitrogen and oxygen atoms in total. The van der Waals surface area contributed by atoms with Crippen LogP contribution in [0.4, 0.5) is 0 Å². The summed E-state index contributed by atoms with van der Waals surface area (Å²) in [6.45, 7) is 10.7. The van der Waals surface area contributed by atoms with Gasteiger partial charge in [0, 0.05) is 18.1 Å². The van der Waals surface area contributed by atoms with Crippen molar-refractivity contribution in [3.8, 4) is 0 Å². The number of nitrogens with zero attached hydrogens (tertiary/aromatic N) is 3. The molecule has 0 amide bonds. The van der Waals surface area contributed by atoms with Crippen molar-refractivity contribution in [1.82, 2.24) is 15.0 Å². The van der Waals surface area contributed by atoms with Crippen LogP contribution in [0.5, 0.6) is 0 Å². The third-order valence-corrected chi connectivity index (χ3v) is 12.1. The highest BCUT2D eigenvalue weighted by molar-refractivity contribution is 5.83. The minimum Gasteiger partial charge on any atom is -0.390 e. The Bertz CT molecular complexity index is 1210. The molecule has 0 spiro atoms. The maximum absolute atomic E-state index is 13.8. The van der Waals surface area contributed by atoms with Gasteiger partial charge in [0.05, 0.1) is 12.2 Å².